The van der Waals surface area contributed by atoms with E-state index in [0.29, 0.717) is 21.8 Å². The number of halogens is 1. The third-order valence-corrected chi connectivity index (χ3v) is 6.81. The smallest absolute Gasteiger partial charge is 0.256 e. The Bertz CT molecular complexity index is 913. The molecule has 1 saturated heterocycles. The molecule has 0 aliphatic carbocycles. The van der Waals surface area contributed by atoms with Gasteiger partial charge in [0.15, 0.2) is 0 Å². The molecule has 3 rings (SSSR count). The lowest BCUT2D eigenvalue weighted by atomic mass is 10.1. The number of carbonyl (C=O) groups excluding carboxylic acids is 2. The lowest BCUT2D eigenvalue weighted by Gasteiger charge is -2.31. The molecule has 2 aliphatic heterocycles. The highest BCUT2D eigenvalue weighted by atomic mass is 35.5. The first-order valence-corrected chi connectivity index (χ1v) is 12.0. The first-order valence-electron chi connectivity index (χ1n) is 9.56. The van der Waals surface area contributed by atoms with Crippen LogP contribution in [0.3, 0.4) is 0 Å². The molecule has 0 bridgehead atoms. The predicted octanol–water partition coefficient (Wildman–Crippen LogP) is 0.915. The number of nitrogens with zero attached hydrogens (tertiary/aromatic N) is 3. The van der Waals surface area contributed by atoms with Gasteiger partial charge in [0.2, 0.25) is 5.91 Å². The van der Waals surface area contributed by atoms with Crippen molar-refractivity contribution in [1.82, 2.24) is 14.7 Å². The maximum Gasteiger partial charge on any atom is 0.256 e. The van der Waals surface area contributed by atoms with E-state index in [1.54, 1.807) is 19.1 Å². The Kier molecular flexibility index (Phi) is 6.52. The summed E-state index contributed by atoms with van der Waals surface area (Å²) in [5.74, 6) is -0.627. The van der Waals surface area contributed by atoms with Crippen LogP contribution in [0.1, 0.15) is 22.8 Å². The number of nitrogens with one attached hydrogen (secondary N) is 1. The summed E-state index contributed by atoms with van der Waals surface area (Å²) in [5.41, 5.74) is 1.39. The fourth-order valence-electron chi connectivity index (χ4n) is 3.79. The van der Waals surface area contributed by atoms with Crippen LogP contribution in [0.5, 0.6) is 0 Å². The summed E-state index contributed by atoms with van der Waals surface area (Å²) < 4.78 is 23.3. The third-order valence-electron chi connectivity index (χ3n) is 5.37. The highest BCUT2D eigenvalue weighted by Crippen LogP contribution is 2.35. The molecule has 0 unspecified atom stereocenters. The summed E-state index contributed by atoms with van der Waals surface area (Å²) in [6.45, 7) is 5.64. The number of piperazine rings is 1. The minimum absolute atomic E-state index is 0.130. The van der Waals surface area contributed by atoms with Crippen molar-refractivity contribution in [2.75, 3.05) is 57.1 Å². The van der Waals surface area contributed by atoms with Crippen LogP contribution in [0.15, 0.2) is 12.1 Å². The molecule has 1 N–H and O–H groups in total. The van der Waals surface area contributed by atoms with Crippen LogP contribution in [0.2, 0.25) is 5.02 Å². The number of benzene rings is 1. The van der Waals surface area contributed by atoms with Gasteiger partial charge in [-0.1, -0.05) is 11.6 Å². The first kappa shape index (κ1) is 22.0. The molecule has 0 spiro atoms. The molecule has 1 aromatic carbocycles. The number of likely N-dealkylation sites (N-methyl/N-ethyl adjacent to an activating group) is 1. The highest BCUT2D eigenvalue weighted by Gasteiger charge is 2.36. The molecule has 10 heteroatoms. The molecule has 2 amide bonds. The van der Waals surface area contributed by atoms with Gasteiger partial charge in [-0.3, -0.25) is 14.5 Å². The molecule has 29 heavy (non-hydrogen) atoms. The van der Waals surface area contributed by atoms with Crippen molar-refractivity contribution in [2.24, 2.45) is 0 Å². The SMILES string of the molecule is C[C@@H](CS(C)(=O)=O)N1Cc2c(Cl)ccc(NC(=O)CN3CCN(C)CC3)c2C1=O. The van der Waals surface area contributed by atoms with E-state index in [1.165, 1.54) is 4.90 Å². The van der Waals surface area contributed by atoms with Crippen molar-refractivity contribution in [2.45, 2.75) is 19.5 Å². The number of carbonyl (C=O) groups is 2. The largest absolute Gasteiger partial charge is 0.330 e. The average Bonchev–Trinajstić information content (AvgIpc) is 2.97. The summed E-state index contributed by atoms with van der Waals surface area (Å²) in [7, 11) is -1.18. The summed E-state index contributed by atoms with van der Waals surface area (Å²) in [5, 5.41) is 3.28. The molecule has 0 saturated carbocycles. The fraction of sp³-hybridized carbons (Fsp3) is 0.579. The second-order valence-electron chi connectivity index (χ2n) is 7.95. The van der Waals surface area contributed by atoms with Gasteiger partial charge in [0.1, 0.15) is 9.84 Å². The minimum Gasteiger partial charge on any atom is -0.330 e. The van der Waals surface area contributed by atoms with Gasteiger partial charge < -0.3 is 15.1 Å². The van der Waals surface area contributed by atoms with Crippen LogP contribution in [-0.4, -0.2) is 92.8 Å². The van der Waals surface area contributed by atoms with E-state index in [2.05, 4.69) is 22.2 Å². The van der Waals surface area contributed by atoms with E-state index in [4.69, 9.17) is 11.6 Å². The van der Waals surface area contributed by atoms with Gasteiger partial charge in [0.05, 0.1) is 23.5 Å². The minimum atomic E-state index is -3.24. The fourth-order valence-corrected chi connectivity index (χ4v) is 5.07. The Balaban J connectivity index is 1.74. The summed E-state index contributed by atoms with van der Waals surface area (Å²) in [6, 6.07) is 2.80. The lowest BCUT2D eigenvalue weighted by Crippen LogP contribution is -2.47. The molecule has 2 heterocycles. The molecule has 1 aromatic rings. The van der Waals surface area contributed by atoms with Crippen LogP contribution in [0.25, 0.3) is 0 Å². The van der Waals surface area contributed by atoms with Crippen LogP contribution < -0.4 is 5.32 Å². The van der Waals surface area contributed by atoms with E-state index >= 15 is 0 Å². The Morgan fingerprint density at radius 2 is 1.90 bits per heavy atom. The Labute approximate surface area is 176 Å². The third kappa shape index (κ3) is 5.28. The summed E-state index contributed by atoms with van der Waals surface area (Å²) in [6.07, 6.45) is 1.15. The van der Waals surface area contributed by atoms with Crippen molar-refractivity contribution in [1.29, 1.82) is 0 Å². The zero-order valence-electron chi connectivity index (χ0n) is 16.9. The van der Waals surface area contributed by atoms with Crippen LogP contribution in [0, 0.1) is 0 Å². The molecular formula is C19H27ClN4O4S. The van der Waals surface area contributed by atoms with Gasteiger partial charge in [-0.05, 0) is 26.1 Å². The van der Waals surface area contributed by atoms with Crippen LogP contribution in [-0.2, 0) is 21.2 Å². The van der Waals surface area contributed by atoms with Gasteiger partial charge in [0, 0.05) is 55.6 Å². The number of fused-ring (bicyclic) bond motifs is 1. The van der Waals surface area contributed by atoms with Gasteiger partial charge in [0.25, 0.3) is 5.91 Å². The van der Waals surface area contributed by atoms with Crippen molar-refractivity contribution < 1.29 is 18.0 Å². The number of amides is 2. The molecule has 0 radical (unpaired) electrons. The van der Waals surface area contributed by atoms with Crippen molar-refractivity contribution >= 4 is 38.9 Å². The Hall–Kier alpha value is -1.68. The van der Waals surface area contributed by atoms with Crippen LogP contribution in [0.4, 0.5) is 5.69 Å². The number of hydrogen-bond acceptors (Lipinski definition) is 6. The van der Waals surface area contributed by atoms with Gasteiger partial charge in [-0.25, -0.2) is 8.42 Å². The summed E-state index contributed by atoms with van der Waals surface area (Å²) in [4.78, 5) is 31.3. The molecule has 8 nitrogen and oxygen atoms in total. The molecule has 0 aromatic heterocycles. The van der Waals surface area contributed by atoms with Crippen LogP contribution >= 0.6 is 11.6 Å². The second kappa shape index (κ2) is 8.59. The van der Waals surface area contributed by atoms with E-state index in [9.17, 15) is 18.0 Å². The topological polar surface area (TPSA) is 90.0 Å². The predicted molar refractivity (Wildman–Crippen MR) is 113 cm³/mol. The first-order chi connectivity index (χ1) is 13.5. The Morgan fingerprint density at radius 1 is 1.24 bits per heavy atom. The molecule has 1 fully saturated rings. The normalized spacial score (nSPS) is 19.3. The average molecular weight is 443 g/mol. The maximum atomic E-state index is 13.0. The number of rotatable bonds is 6. The molecule has 1 atom stereocenters. The number of anilines is 1. The van der Waals surface area contributed by atoms with Crippen molar-refractivity contribution in [3.05, 3.63) is 28.3 Å². The van der Waals surface area contributed by atoms with Crippen molar-refractivity contribution in [3.63, 3.8) is 0 Å². The lowest BCUT2D eigenvalue weighted by molar-refractivity contribution is -0.117. The zero-order valence-corrected chi connectivity index (χ0v) is 18.5. The van der Waals surface area contributed by atoms with E-state index < -0.39 is 15.9 Å². The van der Waals surface area contributed by atoms with Crippen molar-refractivity contribution in [3.8, 4) is 0 Å². The van der Waals surface area contributed by atoms with E-state index in [0.717, 1.165) is 32.4 Å². The molecular weight excluding hydrogens is 416 g/mol. The Morgan fingerprint density at radius 3 is 2.52 bits per heavy atom. The molecule has 2 aliphatic rings. The molecule has 160 valence electrons. The highest BCUT2D eigenvalue weighted by molar-refractivity contribution is 7.90. The van der Waals surface area contributed by atoms with Gasteiger partial charge in [-0.15, -0.1) is 0 Å². The maximum absolute atomic E-state index is 13.0. The van der Waals surface area contributed by atoms with E-state index in [-0.39, 0.29) is 30.7 Å². The number of hydrogen-bond donors (Lipinski definition) is 1. The van der Waals surface area contributed by atoms with E-state index in [1.807, 2.05) is 0 Å². The second-order valence-corrected chi connectivity index (χ2v) is 10.5. The number of sulfone groups is 1. The summed E-state index contributed by atoms with van der Waals surface area (Å²) >= 11 is 6.29. The standard InChI is InChI=1S/C19H27ClN4O4S/c1-13(12-29(3,27)28)24-10-14-15(20)4-5-16(18(14)19(24)26)21-17(25)11-23-8-6-22(2)7-9-23/h4-5,13H,6-12H2,1-3H3,(H,21,25)/t13-/m0/s1. The van der Waals surface area contributed by atoms with Gasteiger partial charge >= 0.3 is 0 Å². The van der Waals surface area contributed by atoms with Gasteiger partial charge in [-0.2, -0.15) is 0 Å². The zero-order chi connectivity index (χ0) is 21.3. The quantitative estimate of drug-likeness (QED) is 0.704. The monoisotopic (exact) mass is 442 g/mol.